The third-order valence-corrected chi connectivity index (χ3v) is 7.11. The average Bonchev–Trinajstić information content (AvgIpc) is 3.22. The number of thioether (sulfide) groups is 1. The molecule has 1 aromatic carbocycles. The molecule has 4 rings (SSSR count). The Balaban J connectivity index is 1.55. The van der Waals surface area contributed by atoms with Crippen molar-refractivity contribution in [3.63, 3.8) is 0 Å². The van der Waals surface area contributed by atoms with E-state index in [1.54, 1.807) is 23.5 Å². The van der Waals surface area contributed by atoms with Crippen molar-refractivity contribution >= 4 is 40.1 Å². The summed E-state index contributed by atoms with van der Waals surface area (Å²) in [5.41, 5.74) is 1.02. The molecule has 0 unspecified atom stereocenters. The Bertz CT molecular complexity index is 1000. The van der Waals surface area contributed by atoms with Gasteiger partial charge in [-0.05, 0) is 30.7 Å². The van der Waals surface area contributed by atoms with Gasteiger partial charge in [-0.2, -0.15) is 15.0 Å². The van der Waals surface area contributed by atoms with Gasteiger partial charge in [-0.1, -0.05) is 37.7 Å². The molecule has 2 aromatic heterocycles. The minimum atomic E-state index is -0.234. The predicted octanol–water partition coefficient (Wildman–Crippen LogP) is 4.38. The molecule has 31 heavy (non-hydrogen) atoms. The zero-order valence-corrected chi connectivity index (χ0v) is 19.5. The number of likely N-dealkylation sites (N-methyl/N-ethyl adjacent to an activating group) is 1. The molecule has 0 amide bonds. The first-order valence-corrected chi connectivity index (χ1v) is 12.1. The van der Waals surface area contributed by atoms with Crippen LogP contribution in [0.2, 0.25) is 0 Å². The third-order valence-electron chi connectivity index (χ3n) is 4.98. The Hall–Kier alpha value is -2.30. The highest BCUT2D eigenvalue weighted by molar-refractivity contribution is 7.98. The molecule has 1 aliphatic rings. The van der Waals surface area contributed by atoms with Crippen LogP contribution in [0.25, 0.3) is 0 Å². The summed E-state index contributed by atoms with van der Waals surface area (Å²) in [5.74, 6) is 2.01. The normalized spacial score (nSPS) is 14.9. The van der Waals surface area contributed by atoms with Crippen molar-refractivity contribution in [3.05, 3.63) is 46.7 Å². The smallest absolute Gasteiger partial charge is 0.234 e. The number of hydrogen-bond donors (Lipinski definition) is 1. The molecular formula is C21H26FN7S2. The maximum atomic E-state index is 13.2. The molecule has 0 aliphatic carbocycles. The molecule has 1 fully saturated rings. The van der Waals surface area contributed by atoms with E-state index in [1.807, 2.05) is 6.20 Å². The first kappa shape index (κ1) is 21.9. The summed E-state index contributed by atoms with van der Waals surface area (Å²) in [6, 6.07) is 6.52. The highest BCUT2D eigenvalue weighted by Crippen LogP contribution is 2.28. The number of aromatic nitrogens is 4. The van der Waals surface area contributed by atoms with Gasteiger partial charge in [0.15, 0.2) is 10.3 Å². The SMILES string of the molecule is CC(C)c1cnc(Nc2nc(SCc3ccc(F)cc3)nc(N3CCN(C)CC3)n2)s1. The van der Waals surface area contributed by atoms with Gasteiger partial charge >= 0.3 is 0 Å². The Morgan fingerprint density at radius 2 is 1.84 bits per heavy atom. The summed E-state index contributed by atoms with van der Waals surface area (Å²) in [7, 11) is 2.12. The molecule has 1 aliphatic heterocycles. The predicted molar refractivity (Wildman–Crippen MR) is 125 cm³/mol. The number of rotatable bonds is 7. The molecule has 0 saturated carbocycles. The average molecular weight is 460 g/mol. The number of piperazine rings is 1. The summed E-state index contributed by atoms with van der Waals surface area (Å²) in [6.07, 6.45) is 1.89. The molecule has 1 N–H and O–H groups in total. The molecule has 0 radical (unpaired) electrons. The second-order valence-electron chi connectivity index (χ2n) is 7.79. The fraction of sp³-hybridized carbons (Fsp3) is 0.429. The van der Waals surface area contributed by atoms with Crippen molar-refractivity contribution in [2.24, 2.45) is 0 Å². The highest BCUT2D eigenvalue weighted by atomic mass is 32.2. The van der Waals surface area contributed by atoms with Crippen LogP contribution in [-0.4, -0.2) is 58.1 Å². The number of halogens is 1. The molecule has 10 heteroatoms. The van der Waals surface area contributed by atoms with E-state index in [4.69, 9.17) is 4.98 Å². The molecule has 0 spiro atoms. The van der Waals surface area contributed by atoms with Crippen molar-refractivity contribution in [2.45, 2.75) is 30.7 Å². The number of benzene rings is 1. The second-order valence-corrected chi connectivity index (χ2v) is 9.80. The summed E-state index contributed by atoms with van der Waals surface area (Å²) < 4.78 is 13.2. The van der Waals surface area contributed by atoms with E-state index in [2.05, 4.69) is 51.0 Å². The molecule has 7 nitrogen and oxygen atoms in total. The lowest BCUT2D eigenvalue weighted by Gasteiger charge is -2.32. The van der Waals surface area contributed by atoms with Crippen LogP contribution in [0, 0.1) is 5.82 Å². The van der Waals surface area contributed by atoms with E-state index in [1.165, 1.54) is 28.8 Å². The van der Waals surface area contributed by atoms with Gasteiger partial charge in [0.05, 0.1) is 0 Å². The summed E-state index contributed by atoms with van der Waals surface area (Å²) in [5, 5.41) is 4.67. The lowest BCUT2D eigenvalue weighted by atomic mass is 10.2. The highest BCUT2D eigenvalue weighted by Gasteiger charge is 2.19. The molecule has 0 atom stereocenters. The first-order valence-electron chi connectivity index (χ1n) is 10.3. The summed E-state index contributed by atoms with van der Waals surface area (Å²) in [6.45, 7) is 7.98. The number of nitrogens with one attached hydrogen (secondary N) is 1. The largest absolute Gasteiger partial charge is 0.338 e. The van der Waals surface area contributed by atoms with Crippen molar-refractivity contribution in [1.29, 1.82) is 0 Å². The molecule has 1 saturated heterocycles. The second kappa shape index (κ2) is 9.88. The summed E-state index contributed by atoms with van der Waals surface area (Å²) >= 11 is 3.12. The quantitative estimate of drug-likeness (QED) is 0.522. The zero-order chi connectivity index (χ0) is 21.8. The molecule has 3 heterocycles. The Kier molecular flexibility index (Phi) is 6.99. The van der Waals surface area contributed by atoms with Crippen molar-refractivity contribution in [2.75, 3.05) is 43.4 Å². The standard InChI is InChI=1S/C21H26FN7S2/c1-14(2)17-12-23-20(31-17)25-18-24-19(29-10-8-28(3)9-11-29)27-21(26-18)30-13-15-4-6-16(22)7-5-15/h4-7,12,14H,8-11,13H2,1-3H3,(H,23,24,25,26,27). The number of anilines is 3. The third kappa shape index (κ3) is 5.90. The van der Waals surface area contributed by atoms with E-state index in [-0.39, 0.29) is 5.82 Å². The van der Waals surface area contributed by atoms with Crippen molar-refractivity contribution in [1.82, 2.24) is 24.8 Å². The van der Waals surface area contributed by atoms with Crippen molar-refractivity contribution in [3.8, 4) is 0 Å². The van der Waals surface area contributed by atoms with E-state index < -0.39 is 0 Å². The lowest BCUT2D eigenvalue weighted by molar-refractivity contribution is 0.311. The Labute approximate surface area is 190 Å². The van der Waals surface area contributed by atoms with E-state index in [0.29, 0.717) is 28.7 Å². The lowest BCUT2D eigenvalue weighted by Crippen LogP contribution is -2.45. The Morgan fingerprint density at radius 3 is 2.52 bits per heavy atom. The summed E-state index contributed by atoms with van der Waals surface area (Å²) in [4.78, 5) is 24.2. The van der Waals surface area contributed by atoms with Gasteiger partial charge in [-0.15, -0.1) is 11.3 Å². The number of thiazole rings is 1. The van der Waals surface area contributed by atoms with Gasteiger partial charge in [-0.3, -0.25) is 5.32 Å². The van der Waals surface area contributed by atoms with E-state index >= 15 is 0 Å². The molecule has 3 aromatic rings. The van der Waals surface area contributed by atoms with Gasteiger partial charge in [0.25, 0.3) is 0 Å². The van der Waals surface area contributed by atoms with Crippen LogP contribution in [-0.2, 0) is 5.75 Å². The van der Waals surface area contributed by atoms with Crippen LogP contribution in [0.15, 0.2) is 35.6 Å². The van der Waals surface area contributed by atoms with Crippen LogP contribution in [0.4, 0.5) is 21.4 Å². The first-order chi connectivity index (χ1) is 15.0. The fourth-order valence-corrected chi connectivity index (χ4v) is 4.65. The minimum absolute atomic E-state index is 0.234. The zero-order valence-electron chi connectivity index (χ0n) is 17.9. The maximum absolute atomic E-state index is 13.2. The molecular weight excluding hydrogens is 433 g/mol. The van der Waals surface area contributed by atoms with E-state index in [0.717, 1.165) is 36.9 Å². The fourth-order valence-electron chi connectivity index (χ4n) is 3.05. The molecule has 164 valence electrons. The number of hydrogen-bond acceptors (Lipinski definition) is 9. The van der Waals surface area contributed by atoms with Crippen molar-refractivity contribution < 1.29 is 4.39 Å². The van der Waals surface area contributed by atoms with Crippen LogP contribution in [0.3, 0.4) is 0 Å². The van der Waals surface area contributed by atoms with Gasteiger partial charge < -0.3 is 9.80 Å². The minimum Gasteiger partial charge on any atom is -0.338 e. The van der Waals surface area contributed by atoms with E-state index in [9.17, 15) is 4.39 Å². The maximum Gasteiger partial charge on any atom is 0.234 e. The topological polar surface area (TPSA) is 70.1 Å². The van der Waals surface area contributed by atoms with Gasteiger partial charge in [0.1, 0.15) is 5.82 Å². The monoisotopic (exact) mass is 459 g/mol. The van der Waals surface area contributed by atoms with Crippen LogP contribution in [0.1, 0.15) is 30.2 Å². The van der Waals surface area contributed by atoms with Gasteiger partial charge in [-0.25, -0.2) is 9.37 Å². The van der Waals surface area contributed by atoms with Crippen LogP contribution < -0.4 is 10.2 Å². The van der Waals surface area contributed by atoms with Crippen LogP contribution in [0.5, 0.6) is 0 Å². The Morgan fingerprint density at radius 1 is 1.10 bits per heavy atom. The van der Waals surface area contributed by atoms with Gasteiger partial charge in [0.2, 0.25) is 11.9 Å². The molecule has 0 bridgehead atoms. The van der Waals surface area contributed by atoms with Gasteiger partial charge in [0, 0.05) is 43.0 Å². The van der Waals surface area contributed by atoms with Crippen LogP contribution >= 0.6 is 23.1 Å². The number of nitrogens with zero attached hydrogens (tertiary/aromatic N) is 6.